The lowest BCUT2D eigenvalue weighted by Crippen LogP contribution is -2.08. The Bertz CT molecular complexity index is 1780. The van der Waals surface area contributed by atoms with Gasteiger partial charge in [-0.05, 0) is 110 Å². The molecule has 0 aromatic rings. The van der Waals surface area contributed by atoms with Gasteiger partial charge in [0.1, 0.15) is 40.5 Å². The molecule has 0 radical (unpaired) electrons. The van der Waals surface area contributed by atoms with Gasteiger partial charge in [-0.3, -0.25) is 28.8 Å². The quantitative estimate of drug-likeness (QED) is 0.0440. The van der Waals surface area contributed by atoms with Gasteiger partial charge in [0.05, 0.1) is 0 Å². The third-order valence-corrected chi connectivity index (χ3v) is 14.0. The standard InChI is InChI=1S/C23H36O.C21H38O.C11H22O.C9H18O.C8H14O2.C7H14O/c1-4-5-6-7-8-9-10-11-12-13-14-15-16-17-18-19-20-21-23(24)22(2)3;1-4-5-6-7-8-9-10-11-12-13-14-15-16-17-18-19-21(22)20(2)3;1-4-5-6-7-8-9-11(12)10(2)3;1-4-5-6-7-9(10)8(2)3;1-6(2)8(10)5-4-7(3)9;1-4-5-7(8)6(2)3/h5-6,8-9,11-12,14-15,17-18,22H,4,7,10,13,16,19-21H2,1-3H3;9-10,12-13,20H,4-8,11,14-19H2,1-3H3;10H,4-9H2,1-3H3;8H,4-7H2,1-3H3;6H,4-5H2,1-3H3;6H,4-5H2,1-3H3/b6-5-,9-8-,12-11-,15-14-,18-17-;10-9-,13-12-;;;;. The number of allylic oxidation sites excluding steroid dienone is 14. The highest BCUT2D eigenvalue weighted by Gasteiger charge is 2.09. The van der Waals surface area contributed by atoms with Crippen LogP contribution in [0.25, 0.3) is 0 Å². The summed E-state index contributed by atoms with van der Waals surface area (Å²) >= 11 is 0. The Kier molecular flexibility index (Phi) is 81.2. The summed E-state index contributed by atoms with van der Waals surface area (Å²) in [5, 5.41) is 0. The molecular formula is C79H142O7. The van der Waals surface area contributed by atoms with Crippen molar-refractivity contribution in [1.29, 1.82) is 0 Å². The Morgan fingerprint density at radius 2 is 0.465 bits per heavy atom. The molecule has 0 saturated heterocycles. The van der Waals surface area contributed by atoms with E-state index in [2.05, 4.69) is 113 Å². The SMILES string of the molecule is CC(=O)CCC(=O)C(C)C.CC/C=C\C/C=C\C/C=C\C/C=C\C/C=C\CCCC(=O)C(C)C.CCCC(=O)C(C)C.CCCCCC(=O)C(C)C.CCCCCC/C=C\C/C=C\CCCCCCC(=O)C(C)C.CCCCCCCC(=O)C(C)C. The molecule has 0 aromatic heterocycles. The van der Waals surface area contributed by atoms with Crippen molar-refractivity contribution in [2.75, 3.05) is 0 Å². The Hall–Kier alpha value is -4.13. The lowest BCUT2D eigenvalue weighted by molar-refractivity contribution is -0.125. The molecule has 0 fully saturated rings. The van der Waals surface area contributed by atoms with Crippen molar-refractivity contribution < 1.29 is 33.6 Å². The van der Waals surface area contributed by atoms with Crippen LogP contribution in [0.5, 0.6) is 0 Å². The summed E-state index contributed by atoms with van der Waals surface area (Å²) in [4.78, 5) is 77.2. The normalized spacial score (nSPS) is 11.5. The molecule has 7 nitrogen and oxygen atoms in total. The molecule has 0 aliphatic carbocycles. The van der Waals surface area contributed by atoms with E-state index in [1.54, 1.807) is 0 Å². The number of rotatable bonds is 48. The molecule has 0 saturated carbocycles. The lowest BCUT2D eigenvalue weighted by Gasteiger charge is -2.03. The Balaban J connectivity index is -0.000000235. The van der Waals surface area contributed by atoms with E-state index in [4.69, 9.17) is 0 Å². The van der Waals surface area contributed by atoms with Crippen LogP contribution < -0.4 is 0 Å². The van der Waals surface area contributed by atoms with E-state index < -0.39 is 0 Å². The van der Waals surface area contributed by atoms with E-state index >= 15 is 0 Å². The van der Waals surface area contributed by atoms with Crippen molar-refractivity contribution in [3.63, 3.8) is 0 Å². The van der Waals surface area contributed by atoms with Crippen LogP contribution in [0, 0.1) is 35.5 Å². The van der Waals surface area contributed by atoms with Crippen molar-refractivity contribution in [2.24, 2.45) is 35.5 Å². The second-order valence-electron chi connectivity index (χ2n) is 24.9. The zero-order chi connectivity index (χ0) is 66.4. The van der Waals surface area contributed by atoms with E-state index in [-0.39, 0.29) is 47.1 Å². The minimum Gasteiger partial charge on any atom is -0.300 e. The minimum absolute atomic E-state index is 0.0688. The fourth-order valence-electron chi connectivity index (χ4n) is 7.60. The first-order valence-corrected chi connectivity index (χ1v) is 35.1. The third kappa shape index (κ3) is 86.3. The Morgan fingerprint density at radius 3 is 0.756 bits per heavy atom. The van der Waals surface area contributed by atoms with Crippen LogP contribution >= 0.6 is 0 Å². The number of unbranched alkanes of at least 4 members (excludes halogenated alkanes) is 15. The van der Waals surface area contributed by atoms with Crippen LogP contribution in [0.3, 0.4) is 0 Å². The molecule has 0 heterocycles. The van der Waals surface area contributed by atoms with E-state index in [0.717, 1.165) is 103 Å². The van der Waals surface area contributed by atoms with E-state index in [1.165, 1.54) is 103 Å². The van der Waals surface area contributed by atoms with Crippen LogP contribution in [0.15, 0.2) is 85.1 Å². The van der Waals surface area contributed by atoms with Crippen molar-refractivity contribution >= 4 is 40.5 Å². The summed E-state index contributed by atoms with van der Waals surface area (Å²) in [5.74, 6) is 3.43. The summed E-state index contributed by atoms with van der Waals surface area (Å²) in [6.45, 7) is 35.7. The molecule has 0 atom stereocenters. The minimum atomic E-state index is 0.0688. The number of Topliss-reactive ketones (excluding diaryl/α,β-unsaturated/α-hetero) is 7. The fourth-order valence-corrected chi connectivity index (χ4v) is 7.60. The Morgan fingerprint density at radius 1 is 0.233 bits per heavy atom. The largest absolute Gasteiger partial charge is 0.300 e. The van der Waals surface area contributed by atoms with E-state index in [1.807, 2.05) is 90.0 Å². The predicted molar refractivity (Wildman–Crippen MR) is 379 cm³/mol. The average Bonchev–Trinajstić information content (AvgIpc) is 3.47. The van der Waals surface area contributed by atoms with Crippen LogP contribution in [-0.2, 0) is 33.6 Å². The maximum absolute atomic E-state index is 11.5. The fraction of sp³-hybridized carbons (Fsp3) is 0.734. The van der Waals surface area contributed by atoms with Gasteiger partial charge in [-0.25, -0.2) is 0 Å². The topological polar surface area (TPSA) is 119 Å². The lowest BCUT2D eigenvalue weighted by atomic mass is 10.0. The summed E-state index contributed by atoms with van der Waals surface area (Å²) < 4.78 is 0. The van der Waals surface area contributed by atoms with Gasteiger partial charge in [-0.15, -0.1) is 0 Å². The molecule has 500 valence electrons. The molecule has 0 aliphatic heterocycles. The summed E-state index contributed by atoms with van der Waals surface area (Å²) in [5.41, 5.74) is 0. The zero-order valence-corrected chi connectivity index (χ0v) is 59.9. The number of carbonyl (C=O) groups is 7. The summed E-state index contributed by atoms with van der Waals surface area (Å²) in [7, 11) is 0. The van der Waals surface area contributed by atoms with Crippen LogP contribution in [-0.4, -0.2) is 40.5 Å². The maximum atomic E-state index is 11.5. The predicted octanol–water partition coefficient (Wildman–Crippen LogP) is 24.1. The van der Waals surface area contributed by atoms with Gasteiger partial charge < -0.3 is 4.79 Å². The molecule has 0 bridgehead atoms. The highest BCUT2D eigenvalue weighted by Crippen LogP contribution is 2.12. The smallest absolute Gasteiger partial charge is 0.135 e. The molecule has 0 amide bonds. The number of ketones is 7. The molecule has 86 heavy (non-hydrogen) atoms. The summed E-state index contributed by atoms with van der Waals surface area (Å²) in [6.07, 6.45) is 67.4. The number of hydrogen-bond acceptors (Lipinski definition) is 7. The van der Waals surface area contributed by atoms with Crippen molar-refractivity contribution in [3.05, 3.63) is 85.1 Å². The molecule has 0 aromatic carbocycles. The van der Waals surface area contributed by atoms with Gasteiger partial charge >= 0.3 is 0 Å². The van der Waals surface area contributed by atoms with Crippen LogP contribution in [0.2, 0.25) is 0 Å². The highest BCUT2D eigenvalue weighted by molar-refractivity contribution is 5.86. The van der Waals surface area contributed by atoms with Gasteiger partial charge in [0, 0.05) is 80.5 Å². The van der Waals surface area contributed by atoms with Crippen molar-refractivity contribution in [3.8, 4) is 0 Å². The summed E-state index contributed by atoms with van der Waals surface area (Å²) in [6, 6.07) is 0. The first-order chi connectivity index (χ1) is 40.9. The third-order valence-electron chi connectivity index (χ3n) is 14.0. The number of carbonyl (C=O) groups excluding carboxylic acids is 7. The van der Waals surface area contributed by atoms with E-state index in [0.29, 0.717) is 48.2 Å². The second-order valence-corrected chi connectivity index (χ2v) is 24.9. The molecule has 7 heteroatoms. The first kappa shape index (κ1) is 93.0. The molecule has 0 unspecified atom stereocenters. The van der Waals surface area contributed by atoms with E-state index in [9.17, 15) is 33.6 Å². The first-order valence-electron chi connectivity index (χ1n) is 35.1. The van der Waals surface area contributed by atoms with Gasteiger partial charge in [0.15, 0.2) is 0 Å². The Labute approximate surface area is 535 Å². The highest BCUT2D eigenvalue weighted by atomic mass is 16.1. The second kappa shape index (κ2) is 75.1. The monoisotopic (exact) mass is 1200 g/mol. The van der Waals surface area contributed by atoms with Crippen molar-refractivity contribution in [1.82, 2.24) is 0 Å². The zero-order valence-electron chi connectivity index (χ0n) is 59.9. The van der Waals surface area contributed by atoms with Gasteiger partial charge in [0.2, 0.25) is 0 Å². The van der Waals surface area contributed by atoms with Gasteiger partial charge in [-0.2, -0.15) is 0 Å². The molecule has 0 N–H and O–H groups in total. The van der Waals surface area contributed by atoms with Crippen molar-refractivity contribution in [2.45, 2.75) is 343 Å². The van der Waals surface area contributed by atoms with Crippen LogP contribution in [0.1, 0.15) is 343 Å². The number of hydrogen-bond donors (Lipinski definition) is 0. The molecule has 0 spiro atoms. The molecular weight excluding hydrogens is 1060 g/mol. The van der Waals surface area contributed by atoms with Crippen LogP contribution in [0.4, 0.5) is 0 Å². The maximum Gasteiger partial charge on any atom is 0.135 e. The molecule has 0 aliphatic rings. The van der Waals surface area contributed by atoms with Gasteiger partial charge in [0.25, 0.3) is 0 Å². The average molecular weight is 1200 g/mol. The molecule has 0 rings (SSSR count). The van der Waals surface area contributed by atoms with Gasteiger partial charge in [-0.1, -0.05) is 273 Å².